The Morgan fingerprint density at radius 3 is 2.35 bits per heavy atom. The van der Waals surface area contributed by atoms with Crippen molar-refractivity contribution < 1.29 is 12.8 Å². The first kappa shape index (κ1) is 17.4. The van der Waals surface area contributed by atoms with E-state index in [0.29, 0.717) is 12.4 Å². The van der Waals surface area contributed by atoms with Gasteiger partial charge in [0.15, 0.2) is 0 Å². The van der Waals surface area contributed by atoms with E-state index < -0.39 is 10.0 Å². The van der Waals surface area contributed by atoms with Crippen LogP contribution in [0.4, 0.5) is 10.2 Å². The van der Waals surface area contributed by atoms with Crippen molar-refractivity contribution in [3.05, 3.63) is 54.0 Å². The molecule has 2 rings (SSSR count). The standard InChI is InChI=1S/C16H20FN3O2S/c1-12(2)19-23(21,22)15-8-9-16(18-10-15)20(3)11-13-4-6-14(17)7-5-13/h4-10,12,19H,11H2,1-3H3. The van der Waals surface area contributed by atoms with Crippen LogP contribution in [0.2, 0.25) is 0 Å². The van der Waals surface area contributed by atoms with Gasteiger partial charge in [-0.25, -0.2) is 22.5 Å². The molecule has 1 aromatic carbocycles. The van der Waals surface area contributed by atoms with Crippen molar-refractivity contribution in [2.45, 2.75) is 31.3 Å². The number of halogens is 1. The molecule has 2 aromatic rings. The van der Waals surface area contributed by atoms with Crippen LogP contribution in [0.3, 0.4) is 0 Å². The van der Waals surface area contributed by atoms with Gasteiger partial charge in [-0.3, -0.25) is 0 Å². The third kappa shape index (κ3) is 4.74. The molecule has 0 aliphatic carbocycles. The molecule has 23 heavy (non-hydrogen) atoms. The highest BCUT2D eigenvalue weighted by Crippen LogP contribution is 2.16. The lowest BCUT2D eigenvalue weighted by molar-refractivity contribution is 0.569. The molecule has 0 aliphatic heterocycles. The number of hydrogen-bond acceptors (Lipinski definition) is 4. The molecule has 0 spiro atoms. The van der Waals surface area contributed by atoms with Gasteiger partial charge < -0.3 is 4.90 Å². The molecule has 0 amide bonds. The average Bonchev–Trinajstić information content (AvgIpc) is 2.48. The maximum atomic E-state index is 12.9. The molecule has 0 radical (unpaired) electrons. The number of benzene rings is 1. The Morgan fingerprint density at radius 1 is 1.17 bits per heavy atom. The van der Waals surface area contributed by atoms with Crippen LogP contribution in [0, 0.1) is 5.82 Å². The van der Waals surface area contributed by atoms with Gasteiger partial charge in [-0.15, -0.1) is 0 Å². The Morgan fingerprint density at radius 2 is 1.83 bits per heavy atom. The van der Waals surface area contributed by atoms with Gasteiger partial charge in [0.2, 0.25) is 10.0 Å². The first-order valence-corrected chi connectivity index (χ1v) is 8.70. The van der Waals surface area contributed by atoms with Crippen molar-refractivity contribution in [3.8, 4) is 0 Å². The van der Waals surface area contributed by atoms with Crippen molar-refractivity contribution in [2.75, 3.05) is 11.9 Å². The number of sulfonamides is 1. The summed E-state index contributed by atoms with van der Waals surface area (Å²) in [5.41, 5.74) is 0.939. The predicted molar refractivity (Wildman–Crippen MR) is 88.2 cm³/mol. The molecule has 1 N–H and O–H groups in total. The molecule has 5 nitrogen and oxygen atoms in total. The lowest BCUT2D eigenvalue weighted by Gasteiger charge is -2.18. The number of rotatable bonds is 6. The Labute approximate surface area is 136 Å². The minimum atomic E-state index is -3.54. The number of anilines is 1. The van der Waals surface area contributed by atoms with Crippen LogP contribution >= 0.6 is 0 Å². The van der Waals surface area contributed by atoms with Gasteiger partial charge in [-0.05, 0) is 43.7 Å². The molecule has 0 atom stereocenters. The van der Waals surface area contributed by atoms with Gasteiger partial charge in [0.25, 0.3) is 0 Å². The first-order chi connectivity index (χ1) is 10.8. The largest absolute Gasteiger partial charge is 0.355 e. The zero-order valence-electron chi connectivity index (χ0n) is 13.3. The second kappa shape index (κ2) is 7.06. The van der Waals surface area contributed by atoms with Crippen LogP contribution in [0.1, 0.15) is 19.4 Å². The van der Waals surface area contributed by atoms with Crippen LogP contribution in [0.15, 0.2) is 47.5 Å². The van der Waals surface area contributed by atoms with Crippen molar-refractivity contribution in [2.24, 2.45) is 0 Å². The van der Waals surface area contributed by atoms with Gasteiger partial charge in [0.1, 0.15) is 16.5 Å². The highest BCUT2D eigenvalue weighted by molar-refractivity contribution is 7.89. The number of nitrogens with zero attached hydrogens (tertiary/aromatic N) is 2. The summed E-state index contributed by atoms with van der Waals surface area (Å²) >= 11 is 0. The van der Waals surface area contributed by atoms with Crippen molar-refractivity contribution in [3.63, 3.8) is 0 Å². The molecular formula is C16H20FN3O2S. The van der Waals surface area contributed by atoms with E-state index in [4.69, 9.17) is 0 Å². The maximum Gasteiger partial charge on any atom is 0.242 e. The normalized spacial score (nSPS) is 11.7. The molecule has 1 heterocycles. The van der Waals surface area contributed by atoms with E-state index in [1.54, 1.807) is 32.0 Å². The predicted octanol–water partition coefficient (Wildman–Crippen LogP) is 2.54. The summed E-state index contributed by atoms with van der Waals surface area (Å²) in [5.74, 6) is 0.361. The van der Waals surface area contributed by atoms with Crippen molar-refractivity contribution in [1.29, 1.82) is 0 Å². The summed E-state index contributed by atoms with van der Waals surface area (Å²) in [7, 11) is -1.70. The zero-order chi connectivity index (χ0) is 17.0. The van der Waals surface area contributed by atoms with E-state index in [-0.39, 0.29) is 16.8 Å². The fourth-order valence-corrected chi connectivity index (χ4v) is 3.28. The Balaban J connectivity index is 2.11. The topological polar surface area (TPSA) is 62.3 Å². The molecular weight excluding hydrogens is 317 g/mol. The van der Waals surface area contributed by atoms with Gasteiger partial charge in [-0.2, -0.15) is 0 Å². The fraction of sp³-hybridized carbons (Fsp3) is 0.312. The molecule has 0 fully saturated rings. The van der Waals surface area contributed by atoms with Crippen molar-refractivity contribution in [1.82, 2.24) is 9.71 Å². The third-order valence-electron chi connectivity index (χ3n) is 3.15. The fourth-order valence-electron chi connectivity index (χ4n) is 2.08. The molecule has 0 aliphatic rings. The van der Waals surface area contributed by atoms with Crippen LogP contribution in [-0.4, -0.2) is 26.5 Å². The second-order valence-electron chi connectivity index (χ2n) is 5.61. The molecule has 124 valence electrons. The van der Waals surface area contributed by atoms with Crippen LogP contribution in [0.25, 0.3) is 0 Å². The molecule has 0 bridgehead atoms. The SMILES string of the molecule is CC(C)NS(=O)(=O)c1ccc(N(C)Cc2ccc(F)cc2)nc1. The van der Waals surface area contributed by atoms with E-state index in [1.807, 2.05) is 11.9 Å². The van der Waals surface area contributed by atoms with E-state index in [9.17, 15) is 12.8 Å². The number of aromatic nitrogens is 1. The summed E-state index contributed by atoms with van der Waals surface area (Å²) in [5, 5.41) is 0. The van der Waals surface area contributed by atoms with Gasteiger partial charge in [0, 0.05) is 25.8 Å². The summed E-state index contributed by atoms with van der Waals surface area (Å²) in [6.07, 6.45) is 1.33. The molecule has 0 saturated heterocycles. The van der Waals surface area contributed by atoms with Crippen molar-refractivity contribution >= 4 is 15.8 Å². The smallest absolute Gasteiger partial charge is 0.242 e. The van der Waals surface area contributed by atoms with Gasteiger partial charge >= 0.3 is 0 Å². The summed E-state index contributed by atoms with van der Waals surface area (Å²) in [6, 6.07) is 9.22. The zero-order valence-corrected chi connectivity index (χ0v) is 14.1. The Hall–Kier alpha value is -1.99. The highest BCUT2D eigenvalue weighted by Gasteiger charge is 2.16. The summed E-state index contributed by atoms with van der Waals surface area (Å²) in [6.45, 7) is 4.06. The lowest BCUT2D eigenvalue weighted by atomic mass is 10.2. The van der Waals surface area contributed by atoms with E-state index >= 15 is 0 Å². The van der Waals surface area contributed by atoms with Crippen LogP contribution in [-0.2, 0) is 16.6 Å². The molecule has 1 aromatic heterocycles. The molecule has 0 saturated carbocycles. The summed E-state index contributed by atoms with van der Waals surface area (Å²) in [4.78, 5) is 6.19. The van der Waals surface area contributed by atoms with E-state index in [0.717, 1.165) is 5.56 Å². The monoisotopic (exact) mass is 337 g/mol. The van der Waals surface area contributed by atoms with Gasteiger partial charge in [-0.1, -0.05) is 12.1 Å². The maximum absolute atomic E-state index is 12.9. The van der Waals surface area contributed by atoms with Crippen LogP contribution in [0.5, 0.6) is 0 Å². The number of nitrogens with one attached hydrogen (secondary N) is 1. The minimum Gasteiger partial charge on any atom is -0.355 e. The quantitative estimate of drug-likeness (QED) is 0.880. The Bertz CT molecular complexity index is 744. The minimum absolute atomic E-state index is 0.130. The first-order valence-electron chi connectivity index (χ1n) is 7.22. The van der Waals surface area contributed by atoms with E-state index in [2.05, 4.69) is 9.71 Å². The van der Waals surface area contributed by atoms with Crippen LogP contribution < -0.4 is 9.62 Å². The number of hydrogen-bond donors (Lipinski definition) is 1. The van der Waals surface area contributed by atoms with Gasteiger partial charge in [0.05, 0.1) is 0 Å². The lowest BCUT2D eigenvalue weighted by Crippen LogP contribution is -2.30. The molecule has 7 heteroatoms. The number of pyridine rings is 1. The second-order valence-corrected chi connectivity index (χ2v) is 7.32. The highest BCUT2D eigenvalue weighted by atomic mass is 32.2. The third-order valence-corrected chi connectivity index (χ3v) is 4.79. The average molecular weight is 337 g/mol. The van der Waals surface area contributed by atoms with E-state index in [1.165, 1.54) is 24.4 Å². The molecule has 0 unspecified atom stereocenters. The summed E-state index contributed by atoms with van der Waals surface area (Å²) < 4.78 is 39.5. The Kier molecular flexibility index (Phi) is 5.33.